The smallest absolute Gasteiger partial charge is 0.488 e. The molecule has 2 amide bonds. The van der Waals surface area contributed by atoms with Crippen LogP contribution in [0.3, 0.4) is 0 Å². The van der Waals surface area contributed by atoms with Crippen molar-refractivity contribution in [3.8, 4) is 28.4 Å². The summed E-state index contributed by atoms with van der Waals surface area (Å²) in [5.41, 5.74) is 0.478. The Bertz CT molecular complexity index is 1310. The lowest BCUT2D eigenvalue weighted by molar-refractivity contribution is -0.274. The number of hydrogen-bond donors (Lipinski definition) is 2. The van der Waals surface area contributed by atoms with Crippen LogP contribution in [-0.4, -0.2) is 47.3 Å². The lowest BCUT2D eigenvalue weighted by atomic mass is 10.1. The average Bonchev–Trinajstić information content (AvgIpc) is 3.44. The highest BCUT2D eigenvalue weighted by atomic mass is 19.4. The van der Waals surface area contributed by atoms with Crippen LogP contribution in [0, 0.1) is 11.7 Å². The third-order valence-corrected chi connectivity index (χ3v) is 5.33. The highest BCUT2D eigenvalue weighted by Crippen LogP contribution is 2.32. The molecule has 1 aromatic heterocycles. The van der Waals surface area contributed by atoms with Crippen molar-refractivity contribution in [2.24, 2.45) is 5.92 Å². The molecule has 2 atom stereocenters. The van der Waals surface area contributed by atoms with Crippen molar-refractivity contribution in [2.45, 2.75) is 25.8 Å². The SMILES string of the molecule is CC(CF)Oc1cc(F)cc(-n2nc(NC(=O)[C@@H]3CNC(=O)C3)cc2-c2cccc(OC(F)(F)F)c2)c1. The van der Waals surface area contributed by atoms with Crippen LogP contribution >= 0.6 is 0 Å². The van der Waals surface area contributed by atoms with E-state index in [9.17, 15) is 31.5 Å². The van der Waals surface area contributed by atoms with E-state index in [1.165, 1.54) is 35.9 Å². The molecular formula is C24H21F5N4O4. The van der Waals surface area contributed by atoms with Gasteiger partial charge in [-0.15, -0.1) is 18.3 Å². The third-order valence-electron chi connectivity index (χ3n) is 5.33. The van der Waals surface area contributed by atoms with Crippen molar-refractivity contribution in [1.82, 2.24) is 15.1 Å². The monoisotopic (exact) mass is 524 g/mol. The van der Waals surface area contributed by atoms with E-state index in [1.807, 2.05) is 0 Å². The van der Waals surface area contributed by atoms with Crippen molar-refractivity contribution in [2.75, 3.05) is 18.5 Å². The molecule has 1 aliphatic heterocycles. The Morgan fingerprint density at radius 3 is 2.68 bits per heavy atom. The summed E-state index contributed by atoms with van der Waals surface area (Å²) in [5, 5.41) is 9.42. The number of carbonyl (C=O) groups excluding carboxylic acids is 2. The number of rotatable bonds is 8. The van der Waals surface area contributed by atoms with Crippen molar-refractivity contribution in [3.05, 3.63) is 54.3 Å². The van der Waals surface area contributed by atoms with Gasteiger partial charge in [-0.05, 0) is 25.1 Å². The topological polar surface area (TPSA) is 94.5 Å². The lowest BCUT2D eigenvalue weighted by Gasteiger charge is -2.14. The molecule has 1 unspecified atom stereocenters. The highest BCUT2D eigenvalue weighted by Gasteiger charge is 2.31. The molecule has 8 nitrogen and oxygen atoms in total. The number of aromatic nitrogens is 2. The number of carbonyl (C=O) groups is 2. The maximum absolute atomic E-state index is 14.4. The van der Waals surface area contributed by atoms with Crippen molar-refractivity contribution >= 4 is 17.6 Å². The summed E-state index contributed by atoms with van der Waals surface area (Å²) < 4.78 is 76.2. The van der Waals surface area contributed by atoms with E-state index in [0.717, 1.165) is 24.3 Å². The Balaban J connectivity index is 1.75. The van der Waals surface area contributed by atoms with Gasteiger partial charge in [0.25, 0.3) is 0 Å². The summed E-state index contributed by atoms with van der Waals surface area (Å²) in [6, 6.07) is 9.89. The fraction of sp³-hybridized carbons (Fsp3) is 0.292. The molecule has 1 saturated heterocycles. The second-order valence-electron chi connectivity index (χ2n) is 8.32. The van der Waals surface area contributed by atoms with E-state index in [4.69, 9.17) is 4.74 Å². The average molecular weight is 524 g/mol. The second-order valence-corrected chi connectivity index (χ2v) is 8.32. The van der Waals surface area contributed by atoms with E-state index >= 15 is 0 Å². The van der Waals surface area contributed by atoms with Crippen molar-refractivity contribution in [3.63, 3.8) is 0 Å². The number of nitrogens with zero attached hydrogens (tertiary/aromatic N) is 2. The van der Waals surface area contributed by atoms with Gasteiger partial charge in [0.15, 0.2) is 5.82 Å². The van der Waals surface area contributed by atoms with Gasteiger partial charge in [0.05, 0.1) is 17.3 Å². The molecule has 4 rings (SSSR count). The van der Waals surface area contributed by atoms with Gasteiger partial charge in [-0.1, -0.05) is 12.1 Å². The first-order valence-electron chi connectivity index (χ1n) is 11.1. The fourth-order valence-corrected chi connectivity index (χ4v) is 3.72. The number of alkyl halides is 4. The summed E-state index contributed by atoms with van der Waals surface area (Å²) >= 11 is 0. The van der Waals surface area contributed by atoms with Crippen LogP contribution in [0.4, 0.5) is 27.8 Å². The summed E-state index contributed by atoms with van der Waals surface area (Å²) in [5.74, 6) is -2.65. The predicted molar refractivity (Wildman–Crippen MR) is 121 cm³/mol. The van der Waals surface area contributed by atoms with E-state index in [2.05, 4.69) is 20.5 Å². The van der Waals surface area contributed by atoms with Crippen LogP contribution in [0.1, 0.15) is 13.3 Å². The molecule has 1 fully saturated rings. The molecule has 0 saturated carbocycles. The first-order valence-corrected chi connectivity index (χ1v) is 11.1. The Morgan fingerprint density at radius 2 is 2.00 bits per heavy atom. The Labute approximate surface area is 207 Å². The molecule has 37 heavy (non-hydrogen) atoms. The molecule has 2 heterocycles. The summed E-state index contributed by atoms with van der Waals surface area (Å²) in [6.45, 7) is 0.776. The van der Waals surface area contributed by atoms with Gasteiger partial charge in [-0.25, -0.2) is 13.5 Å². The highest BCUT2D eigenvalue weighted by molar-refractivity contribution is 5.97. The van der Waals surface area contributed by atoms with E-state index in [-0.39, 0.29) is 47.4 Å². The lowest BCUT2D eigenvalue weighted by Crippen LogP contribution is -2.24. The largest absolute Gasteiger partial charge is 0.573 e. The van der Waals surface area contributed by atoms with Crippen LogP contribution in [0.25, 0.3) is 16.9 Å². The molecule has 0 spiro atoms. The standard InChI is InChI=1S/C24H21F5N4O4/c1-13(11-25)36-19-8-16(26)7-17(9-19)33-20(14-3-2-4-18(5-14)37-24(27,28)29)10-21(32-33)31-23(35)15-6-22(34)30-12-15/h2-5,7-10,13,15H,6,11-12H2,1H3,(H,30,34)(H,31,32,35)/t13?,15-/m0/s1. The van der Waals surface area contributed by atoms with Crippen LogP contribution in [0.2, 0.25) is 0 Å². The number of halogens is 5. The maximum atomic E-state index is 14.4. The van der Waals surface area contributed by atoms with Gasteiger partial charge in [-0.3, -0.25) is 9.59 Å². The van der Waals surface area contributed by atoms with Crippen LogP contribution < -0.4 is 20.1 Å². The molecule has 3 aromatic rings. The van der Waals surface area contributed by atoms with Gasteiger partial charge in [0.2, 0.25) is 11.8 Å². The number of benzene rings is 2. The Kier molecular flexibility index (Phi) is 7.32. The van der Waals surface area contributed by atoms with Gasteiger partial charge in [0.1, 0.15) is 30.1 Å². The first kappa shape index (κ1) is 25.9. The minimum atomic E-state index is -4.92. The maximum Gasteiger partial charge on any atom is 0.573 e. The second kappa shape index (κ2) is 10.4. The quantitative estimate of drug-likeness (QED) is 0.427. The van der Waals surface area contributed by atoms with Gasteiger partial charge in [0, 0.05) is 36.7 Å². The molecule has 0 radical (unpaired) electrons. The number of nitrogens with one attached hydrogen (secondary N) is 2. The zero-order valence-corrected chi connectivity index (χ0v) is 19.3. The minimum Gasteiger partial charge on any atom is -0.488 e. The van der Waals surface area contributed by atoms with Gasteiger partial charge in [-0.2, -0.15) is 0 Å². The molecule has 196 valence electrons. The van der Waals surface area contributed by atoms with E-state index < -0.39 is 42.5 Å². The zero-order valence-electron chi connectivity index (χ0n) is 19.3. The Hall–Kier alpha value is -4.16. The van der Waals surface area contributed by atoms with E-state index in [1.54, 1.807) is 0 Å². The van der Waals surface area contributed by atoms with Crippen LogP contribution in [0.5, 0.6) is 11.5 Å². The van der Waals surface area contributed by atoms with Gasteiger partial charge < -0.3 is 20.1 Å². The van der Waals surface area contributed by atoms with Crippen molar-refractivity contribution < 1.29 is 41.0 Å². The van der Waals surface area contributed by atoms with E-state index in [0.29, 0.717) is 0 Å². The Morgan fingerprint density at radius 1 is 1.22 bits per heavy atom. The molecular weight excluding hydrogens is 503 g/mol. The predicted octanol–water partition coefficient (Wildman–Crippen LogP) is 4.39. The molecule has 2 aromatic carbocycles. The fourth-order valence-electron chi connectivity index (χ4n) is 3.72. The first-order chi connectivity index (χ1) is 17.5. The molecule has 13 heteroatoms. The summed E-state index contributed by atoms with van der Waals surface area (Å²) in [6.07, 6.45) is -5.79. The number of ether oxygens (including phenoxy) is 2. The van der Waals surface area contributed by atoms with Crippen molar-refractivity contribution in [1.29, 1.82) is 0 Å². The number of hydrogen-bond acceptors (Lipinski definition) is 5. The van der Waals surface area contributed by atoms with Crippen LogP contribution in [-0.2, 0) is 9.59 Å². The zero-order chi connectivity index (χ0) is 26.7. The number of anilines is 1. The molecule has 1 aliphatic rings. The molecule has 0 aliphatic carbocycles. The molecule has 0 bridgehead atoms. The van der Waals surface area contributed by atoms with Gasteiger partial charge >= 0.3 is 6.36 Å². The normalized spacial score (nSPS) is 16.3. The summed E-state index contributed by atoms with van der Waals surface area (Å²) in [4.78, 5) is 24.1. The van der Waals surface area contributed by atoms with Crippen LogP contribution in [0.15, 0.2) is 48.5 Å². The number of amides is 2. The minimum absolute atomic E-state index is 0.00289. The molecule has 2 N–H and O–H groups in total. The summed E-state index contributed by atoms with van der Waals surface area (Å²) in [7, 11) is 0. The third kappa shape index (κ3) is 6.54.